The van der Waals surface area contributed by atoms with Crippen LogP contribution >= 0.6 is 0 Å². The fourth-order valence-corrected chi connectivity index (χ4v) is 2.99. The van der Waals surface area contributed by atoms with E-state index in [1.807, 2.05) is 12.1 Å². The van der Waals surface area contributed by atoms with Gasteiger partial charge in [0.1, 0.15) is 0 Å². The number of fused-ring (bicyclic) bond motifs is 3. The van der Waals surface area contributed by atoms with Crippen LogP contribution in [0.4, 0.5) is 0 Å². The molecule has 0 bridgehead atoms. The van der Waals surface area contributed by atoms with Crippen LogP contribution in [-0.2, 0) is 0 Å². The van der Waals surface area contributed by atoms with Crippen molar-refractivity contribution in [3.63, 3.8) is 0 Å². The Morgan fingerprint density at radius 3 is 2.24 bits per heavy atom. The number of pyridine rings is 1. The Hall–Kier alpha value is -2.67. The third kappa shape index (κ3) is 1.90. The van der Waals surface area contributed by atoms with Crippen LogP contribution in [0.25, 0.3) is 32.9 Å². The molecule has 0 N–H and O–H groups in total. The van der Waals surface area contributed by atoms with Crippen LogP contribution in [0, 0.1) is 6.92 Å². The maximum absolute atomic E-state index is 4.93. The second-order valence-corrected chi connectivity index (χ2v) is 5.34. The Balaban J connectivity index is 2.23. The van der Waals surface area contributed by atoms with Crippen molar-refractivity contribution in [3.8, 4) is 11.3 Å². The van der Waals surface area contributed by atoms with Crippen LogP contribution in [0.1, 0.15) is 5.56 Å². The minimum atomic E-state index is 1.05. The molecule has 0 aliphatic carbocycles. The van der Waals surface area contributed by atoms with Gasteiger partial charge in [-0.25, -0.2) is 4.98 Å². The van der Waals surface area contributed by atoms with Gasteiger partial charge in [0.15, 0.2) is 0 Å². The Kier molecular flexibility index (Phi) is 2.71. The lowest BCUT2D eigenvalue weighted by Crippen LogP contribution is -1.91. The van der Waals surface area contributed by atoms with E-state index in [-0.39, 0.29) is 0 Å². The first kappa shape index (κ1) is 12.1. The van der Waals surface area contributed by atoms with Gasteiger partial charge in [0.2, 0.25) is 0 Å². The van der Waals surface area contributed by atoms with Gasteiger partial charge in [-0.1, -0.05) is 66.7 Å². The van der Waals surface area contributed by atoms with Crippen molar-refractivity contribution in [1.82, 2.24) is 4.98 Å². The van der Waals surface area contributed by atoms with Crippen LogP contribution in [0.2, 0.25) is 0 Å². The number of benzene rings is 3. The summed E-state index contributed by atoms with van der Waals surface area (Å²) in [4.78, 5) is 4.93. The minimum Gasteiger partial charge on any atom is -0.247 e. The van der Waals surface area contributed by atoms with Gasteiger partial charge in [-0.15, -0.1) is 0 Å². The quantitative estimate of drug-likeness (QED) is 0.424. The summed E-state index contributed by atoms with van der Waals surface area (Å²) >= 11 is 0. The lowest BCUT2D eigenvalue weighted by Gasteiger charge is -2.12. The average Bonchev–Trinajstić information content (AvgIpc) is 2.55. The molecule has 1 heterocycles. The molecule has 4 rings (SSSR count). The summed E-state index contributed by atoms with van der Waals surface area (Å²) in [5.41, 5.74) is 4.56. The summed E-state index contributed by atoms with van der Waals surface area (Å²) in [6, 6.07) is 25.3. The van der Waals surface area contributed by atoms with Gasteiger partial charge in [-0.05, 0) is 23.9 Å². The zero-order valence-corrected chi connectivity index (χ0v) is 11.9. The number of aromatic nitrogens is 1. The van der Waals surface area contributed by atoms with E-state index in [1.54, 1.807) is 0 Å². The second-order valence-electron chi connectivity index (χ2n) is 5.34. The highest BCUT2D eigenvalue weighted by atomic mass is 14.7. The largest absolute Gasteiger partial charge is 0.247 e. The summed E-state index contributed by atoms with van der Waals surface area (Å²) in [6.07, 6.45) is 0. The topological polar surface area (TPSA) is 12.9 Å². The summed E-state index contributed by atoms with van der Waals surface area (Å²) in [5.74, 6) is 0. The molecule has 3 aromatic carbocycles. The number of nitrogens with zero attached hydrogens (tertiary/aromatic N) is 1. The van der Waals surface area contributed by atoms with E-state index >= 15 is 0 Å². The van der Waals surface area contributed by atoms with Gasteiger partial charge in [-0.2, -0.15) is 0 Å². The molecule has 0 atom stereocenters. The highest BCUT2D eigenvalue weighted by molar-refractivity contribution is 6.11. The molecule has 4 aromatic rings. The van der Waals surface area contributed by atoms with Gasteiger partial charge >= 0.3 is 0 Å². The maximum Gasteiger partial charge on any atom is 0.0790 e. The molecular weight excluding hydrogens is 254 g/mol. The smallest absolute Gasteiger partial charge is 0.0790 e. The Bertz CT molecular complexity index is 940. The molecular formula is C20H15N. The zero-order valence-electron chi connectivity index (χ0n) is 11.9. The van der Waals surface area contributed by atoms with Crippen molar-refractivity contribution in [2.45, 2.75) is 6.92 Å². The predicted octanol–water partition coefficient (Wildman–Crippen LogP) is 5.36. The van der Waals surface area contributed by atoms with Crippen molar-refractivity contribution in [1.29, 1.82) is 0 Å². The third-order valence-corrected chi connectivity index (χ3v) is 3.98. The highest BCUT2D eigenvalue weighted by Gasteiger charge is 2.11. The first-order valence-electron chi connectivity index (χ1n) is 7.18. The lowest BCUT2D eigenvalue weighted by molar-refractivity contribution is 1.41. The number of para-hydroxylation sites is 1. The van der Waals surface area contributed by atoms with Crippen LogP contribution in [0.3, 0.4) is 0 Å². The molecule has 0 saturated heterocycles. The van der Waals surface area contributed by atoms with Crippen molar-refractivity contribution < 1.29 is 0 Å². The second kappa shape index (κ2) is 4.71. The van der Waals surface area contributed by atoms with Crippen LogP contribution in [0.5, 0.6) is 0 Å². The van der Waals surface area contributed by atoms with Crippen LogP contribution in [-0.4, -0.2) is 4.98 Å². The predicted molar refractivity (Wildman–Crippen MR) is 89.4 cm³/mol. The van der Waals surface area contributed by atoms with E-state index in [9.17, 15) is 0 Å². The summed E-state index contributed by atoms with van der Waals surface area (Å²) in [6.45, 7) is 2.16. The van der Waals surface area contributed by atoms with Crippen LogP contribution < -0.4 is 0 Å². The molecule has 1 aromatic heterocycles. The molecule has 1 nitrogen and oxygen atoms in total. The molecule has 100 valence electrons. The number of rotatable bonds is 1. The number of aryl methyl sites for hydroxylation is 1. The van der Waals surface area contributed by atoms with Crippen molar-refractivity contribution in [3.05, 3.63) is 78.4 Å². The lowest BCUT2D eigenvalue weighted by atomic mass is 9.97. The summed E-state index contributed by atoms with van der Waals surface area (Å²) < 4.78 is 0. The molecule has 0 radical (unpaired) electrons. The number of hydrogen-bond donors (Lipinski definition) is 0. The van der Waals surface area contributed by atoms with E-state index in [0.717, 1.165) is 11.2 Å². The van der Waals surface area contributed by atoms with E-state index in [4.69, 9.17) is 4.98 Å². The highest BCUT2D eigenvalue weighted by Crippen LogP contribution is 2.33. The molecule has 0 saturated carbocycles. The Morgan fingerprint density at radius 2 is 1.38 bits per heavy atom. The van der Waals surface area contributed by atoms with E-state index in [0.29, 0.717) is 0 Å². The van der Waals surface area contributed by atoms with Gasteiger partial charge in [0.25, 0.3) is 0 Å². The molecule has 0 aliphatic rings. The first-order chi connectivity index (χ1) is 10.3. The summed E-state index contributed by atoms with van der Waals surface area (Å²) in [5, 5.41) is 3.75. The van der Waals surface area contributed by atoms with Gasteiger partial charge < -0.3 is 0 Å². The van der Waals surface area contributed by atoms with Gasteiger partial charge in [-0.3, -0.25) is 0 Å². The maximum atomic E-state index is 4.93. The molecule has 1 heteroatoms. The fraction of sp³-hybridized carbons (Fsp3) is 0.0500. The van der Waals surface area contributed by atoms with Crippen molar-refractivity contribution in [2.24, 2.45) is 0 Å². The molecule has 21 heavy (non-hydrogen) atoms. The van der Waals surface area contributed by atoms with Gasteiger partial charge in [0, 0.05) is 16.3 Å². The van der Waals surface area contributed by atoms with E-state index < -0.39 is 0 Å². The third-order valence-electron chi connectivity index (χ3n) is 3.98. The Morgan fingerprint density at radius 1 is 0.667 bits per heavy atom. The zero-order chi connectivity index (χ0) is 14.2. The van der Waals surface area contributed by atoms with Crippen molar-refractivity contribution >= 4 is 21.7 Å². The molecule has 0 fully saturated rings. The average molecular weight is 269 g/mol. The van der Waals surface area contributed by atoms with Crippen molar-refractivity contribution in [2.75, 3.05) is 0 Å². The molecule has 0 unspecified atom stereocenters. The molecule has 0 aliphatic heterocycles. The molecule has 0 spiro atoms. The monoisotopic (exact) mass is 269 g/mol. The SMILES string of the molecule is Cc1cccc2c1c(-c1ccccc1)nc1ccccc12. The number of hydrogen-bond acceptors (Lipinski definition) is 1. The minimum absolute atomic E-state index is 1.05. The first-order valence-corrected chi connectivity index (χ1v) is 7.18. The molecule has 0 amide bonds. The summed E-state index contributed by atoms with van der Waals surface area (Å²) in [7, 11) is 0. The van der Waals surface area contributed by atoms with Crippen LogP contribution in [0.15, 0.2) is 72.8 Å². The van der Waals surface area contributed by atoms with Gasteiger partial charge in [0.05, 0.1) is 11.2 Å². The fourth-order valence-electron chi connectivity index (χ4n) is 2.99. The van der Waals surface area contributed by atoms with E-state index in [1.165, 1.54) is 27.3 Å². The standard InChI is InChI=1S/C20H15N/c1-14-8-7-12-17-16-11-5-6-13-18(16)21-20(19(14)17)15-9-3-2-4-10-15/h2-13H,1H3. The Labute approximate surface area is 123 Å². The van der Waals surface area contributed by atoms with E-state index in [2.05, 4.69) is 67.6 Å². The normalized spacial score (nSPS) is 11.1.